The molecule has 0 heterocycles. The molecule has 0 bridgehead atoms. The van der Waals surface area contributed by atoms with E-state index in [0.29, 0.717) is 0 Å². The van der Waals surface area contributed by atoms with Crippen molar-refractivity contribution in [3.63, 3.8) is 0 Å². The van der Waals surface area contributed by atoms with Gasteiger partial charge in [0.05, 0.1) is 0 Å². The van der Waals surface area contributed by atoms with Gasteiger partial charge in [0.2, 0.25) is 0 Å². The maximum atomic E-state index is 3.82. The molecule has 0 aliphatic heterocycles. The fourth-order valence-corrected chi connectivity index (χ4v) is 1.13. The van der Waals surface area contributed by atoms with Gasteiger partial charge in [0.25, 0.3) is 0 Å². The van der Waals surface area contributed by atoms with Crippen LogP contribution in [0.15, 0.2) is 0 Å². The SMILES string of the molecule is [Br-].[CH2]CCCCCCCCC.[Mn]. The van der Waals surface area contributed by atoms with Gasteiger partial charge in [-0.15, -0.1) is 0 Å². The van der Waals surface area contributed by atoms with Crippen LogP contribution in [0, 0.1) is 6.92 Å². The van der Waals surface area contributed by atoms with Crippen LogP contribution in [-0.2, 0) is 17.1 Å². The van der Waals surface area contributed by atoms with E-state index in [1.807, 2.05) is 0 Å². The van der Waals surface area contributed by atoms with Gasteiger partial charge in [-0.3, -0.25) is 0 Å². The summed E-state index contributed by atoms with van der Waals surface area (Å²) in [6.45, 7) is 6.08. The Hall–Kier alpha value is 0.999. The van der Waals surface area contributed by atoms with Gasteiger partial charge in [-0.05, 0) is 0 Å². The van der Waals surface area contributed by atoms with Crippen molar-refractivity contribution in [3.05, 3.63) is 6.92 Å². The summed E-state index contributed by atoms with van der Waals surface area (Å²) in [5.41, 5.74) is 0. The first-order chi connectivity index (χ1) is 4.91. The van der Waals surface area contributed by atoms with Crippen molar-refractivity contribution in [1.29, 1.82) is 0 Å². The van der Waals surface area contributed by atoms with Crippen LogP contribution >= 0.6 is 0 Å². The molecule has 0 N–H and O–H groups in total. The van der Waals surface area contributed by atoms with Crippen LogP contribution in [0.3, 0.4) is 0 Å². The molecule has 0 aromatic carbocycles. The second-order valence-corrected chi connectivity index (χ2v) is 2.97. The Balaban J connectivity index is -0.000000405. The average molecular weight is 276 g/mol. The zero-order valence-corrected chi connectivity index (χ0v) is 10.9. The molecule has 0 nitrogen and oxygen atoms in total. The first-order valence-corrected chi connectivity index (χ1v) is 4.71. The quantitative estimate of drug-likeness (QED) is 0.480. The van der Waals surface area contributed by atoms with Crippen molar-refractivity contribution in [3.8, 4) is 0 Å². The molecule has 76 valence electrons. The van der Waals surface area contributed by atoms with E-state index < -0.39 is 0 Å². The Labute approximate surface area is 99.1 Å². The van der Waals surface area contributed by atoms with Gasteiger partial charge in [-0.2, -0.15) is 0 Å². The van der Waals surface area contributed by atoms with Gasteiger partial charge in [-0.1, -0.05) is 65.2 Å². The largest absolute Gasteiger partial charge is 1.00 e. The topological polar surface area (TPSA) is 0 Å². The van der Waals surface area contributed by atoms with Crippen molar-refractivity contribution < 1.29 is 34.1 Å². The van der Waals surface area contributed by atoms with Gasteiger partial charge >= 0.3 is 0 Å². The fourth-order valence-electron chi connectivity index (χ4n) is 1.13. The molecule has 0 amide bonds. The predicted octanol–water partition coefficient (Wildman–Crippen LogP) is 0.963. The molecule has 0 aliphatic rings. The van der Waals surface area contributed by atoms with E-state index in [0.717, 1.165) is 6.42 Å². The Bertz CT molecular complexity index is 49.8. The van der Waals surface area contributed by atoms with Crippen molar-refractivity contribution in [2.45, 2.75) is 58.3 Å². The molecule has 0 unspecified atom stereocenters. The molecule has 0 aromatic heterocycles. The molecule has 0 saturated carbocycles. The number of rotatable bonds is 7. The summed E-state index contributed by atoms with van der Waals surface area (Å²) in [5, 5.41) is 0. The zero-order chi connectivity index (χ0) is 7.66. The first kappa shape index (κ1) is 18.7. The number of halogens is 1. The normalized spacial score (nSPS) is 8.50. The van der Waals surface area contributed by atoms with Crippen LogP contribution in [0.4, 0.5) is 0 Å². The molecule has 0 fully saturated rings. The maximum absolute atomic E-state index is 3.82. The minimum atomic E-state index is 0. The Morgan fingerprint density at radius 1 is 0.833 bits per heavy atom. The molecule has 12 heavy (non-hydrogen) atoms. The summed E-state index contributed by atoms with van der Waals surface area (Å²) >= 11 is 0. The summed E-state index contributed by atoms with van der Waals surface area (Å²) in [6.07, 6.45) is 10.9. The van der Waals surface area contributed by atoms with E-state index in [4.69, 9.17) is 0 Å². The van der Waals surface area contributed by atoms with Crippen LogP contribution in [0.1, 0.15) is 58.3 Å². The molecule has 0 spiro atoms. The second kappa shape index (κ2) is 17.9. The van der Waals surface area contributed by atoms with Crippen LogP contribution in [0.5, 0.6) is 0 Å². The molecule has 0 rings (SSSR count). The molecule has 0 aromatic rings. The fraction of sp³-hybridized carbons (Fsp3) is 0.900. The first-order valence-electron chi connectivity index (χ1n) is 4.71. The molecular weight excluding hydrogens is 255 g/mol. The van der Waals surface area contributed by atoms with Gasteiger partial charge in [0.1, 0.15) is 0 Å². The number of hydrogen-bond acceptors (Lipinski definition) is 0. The van der Waals surface area contributed by atoms with Crippen LogP contribution in [0.2, 0.25) is 0 Å². The molecule has 0 saturated heterocycles. The maximum Gasteiger partial charge on any atom is 0 e. The molecule has 2 heteroatoms. The minimum absolute atomic E-state index is 0. The van der Waals surface area contributed by atoms with Crippen molar-refractivity contribution in [1.82, 2.24) is 0 Å². The van der Waals surface area contributed by atoms with E-state index in [-0.39, 0.29) is 34.1 Å². The summed E-state index contributed by atoms with van der Waals surface area (Å²) in [4.78, 5) is 0. The summed E-state index contributed by atoms with van der Waals surface area (Å²) < 4.78 is 0. The van der Waals surface area contributed by atoms with Gasteiger partial charge in [0, 0.05) is 17.1 Å². The van der Waals surface area contributed by atoms with Gasteiger partial charge in [-0.25, -0.2) is 0 Å². The van der Waals surface area contributed by atoms with E-state index in [9.17, 15) is 0 Å². The summed E-state index contributed by atoms with van der Waals surface area (Å²) in [6, 6.07) is 0. The molecular formula is C10H21BrMn-. The standard InChI is InChI=1S/C10H21.BrH.Mn/c1-3-5-7-9-10-8-6-4-2;;/h1,3-10H2,2H3;1H;/p-1. The van der Waals surface area contributed by atoms with E-state index in [1.165, 1.54) is 44.9 Å². The van der Waals surface area contributed by atoms with Crippen LogP contribution in [0.25, 0.3) is 0 Å². The Morgan fingerprint density at radius 3 is 1.67 bits per heavy atom. The summed E-state index contributed by atoms with van der Waals surface area (Å²) in [5.74, 6) is 0. The number of unbranched alkanes of at least 4 members (excludes halogenated alkanes) is 7. The van der Waals surface area contributed by atoms with Crippen LogP contribution in [-0.4, -0.2) is 0 Å². The molecule has 0 aliphatic carbocycles. The van der Waals surface area contributed by atoms with Gasteiger partial charge < -0.3 is 17.0 Å². The number of hydrogen-bond donors (Lipinski definition) is 0. The van der Waals surface area contributed by atoms with Crippen LogP contribution < -0.4 is 17.0 Å². The smallest absolute Gasteiger partial charge is 0 e. The third-order valence-corrected chi connectivity index (χ3v) is 1.85. The van der Waals surface area contributed by atoms with E-state index >= 15 is 0 Å². The van der Waals surface area contributed by atoms with Crippen molar-refractivity contribution >= 4 is 0 Å². The third kappa shape index (κ3) is 17.2. The monoisotopic (exact) mass is 275 g/mol. The van der Waals surface area contributed by atoms with E-state index in [2.05, 4.69) is 13.8 Å². The average Bonchev–Trinajstić information content (AvgIpc) is 1.97. The third-order valence-electron chi connectivity index (χ3n) is 1.85. The molecule has 2 radical (unpaired) electrons. The van der Waals surface area contributed by atoms with Crippen molar-refractivity contribution in [2.75, 3.05) is 0 Å². The second-order valence-electron chi connectivity index (χ2n) is 2.97. The van der Waals surface area contributed by atoms with Crippen molar-refractivity contribution in [2.24, 2.45) is 0 Å². The minimum Gasteiger partial charge on any atom is -1.00 e. The summed E-state index contributed by atoms with van der Waals surface area (Å²) in [7, 11) is 0. The molecule has 0 atom stereocenters. The Morgan fingerprint density at radius 2 is 1.25 bits per heavy atom. The van der Waals surface area contributed by atoms with Gasteiger partial charge in [0.15, 0.2) is 0 Å². The predicted molar refractivity (Wildman–Crippen MR) is 48.0 cm³/mol. The Kier molecular flexibility index (Phi) is 28.0. The van der Waals surface area contributed by atoms with E-state index in [1.54, 1.807) is 0 Å². The zero-order valence-electron chi connectivity index (χ0n) is 8.12.